The van der Waals surface area contributed by atoms with Gasteiger partial charge in [0.25, 0.3) is 5.91 Å². The van der Waals surface area contributed by atoms with Crippen molar-refractivity contribution >= 4 is 53.3 Å². The summed E-state index contributed by atoms with van der Waals surface area (Å²) in [6, 6.07) is 9.68. The molecule has 0 radical (unpaired) electrons. The van der Waals surface area contributed by atoms with Crippen LogP contribution >= 0.6 is 31.9 Å². The molecule has 1 aromatic heterocycles. The molecule has 1 aromatic carbocycles. The van der Waals surface area contributed by atoms with E-state index in [-0.39, 0.29) is 11.5 Å². The number of furan rings is 1. The molecule has 8 heteroatoms. The van der Waals surface area contributed by atoms with Crippen molar-refractivity contribution in [2.75, 3.05) is 10.7 Å². The van der Waals surface area contributed by atoms with Crippen molar-refractivity contribution in [2.45, 2.75) is 6.04 Å². The van der Waals surface area contributed by atoms with Crippen LogP contribution in [0.3, 0.4) is 0 Å². The molecule has 2 aromatic rings. The van der Waals surface area contributed by atoms with Crippen molar-refractivity contribution in [2.24, 2.45) is 0 Å². The largest absolute Gasteiger partial charge is 0.444 e. The highest BCUT2D eigenvalue weighted by Crippen LogP contribution is 2.27. The van der Waals surface area contributed by atoms with Gasteiger partial charge in [0, 0.05) is 15.6 Å². The van der Waals surface area contributed by atoms with Crippen molar-refractivity contribution in [3.8, 4) is 0 Å². The third-order valence-corrected chi connectivity index (χ3v) is 5.68. The highest BCUT2D eigenvalue weighted by molar-refractivity contribution is 9.10. The summed E-state index contributed by atoms with van der Waals surface area (Å²) in [6.07, 6.45) is 1.52. The van der Waals surface area contributed by atoms with Crippen LogP contribution in [0.1, 0.15) is 10.6 Å². The molecule has 1 amide bonds. The van der Waals surface area contributed by atoms with Gasteiger partial charge in [0.05, 0.1) is 11.8 Å². The van der Waals surface area contributed by atoms with E-state index >= 15 is 0 Å². The van der Waals surface area contributed by atoms with Gasteiger partial charge < -0.3 is 4.42 Å². The first-order chi connectivity index (χ1) is 10.9. The van der Waals surface area contributed by atoms with Gasteiger partial charge in [-0.05, 0) is 58.4 Å². The predicted molar refractivity (Wildman–Crippen MR) is 94.1 cm³/mol. The van der Waals surface area contributed by atoms with Crippen molar-refractivity contribution < 1.29 is 17.6 Å². The van der Waals surface area contributed by atoms with Crippen molar-refractivity contribution in [1.82, 2.24) is 0 Å². The smallest absolute Gasteiger partial charge is 0.294 e. The molecule has 0 N–H and O–H groups in total. The summed E-state index contributed by atoms with van der Waals surface area (Å²) in [4.78, 5) is 14.2. The molecule has 2 heterocycles. The van der Waals surface area contributed by atoms with Crippen LogP contribution in [-0.4, -0.2) is 26.1 Å². The van der Waals surface area contributed by atoms with Crippen LogP contribution in [0.5, 0.6) is 0 Å². The first-order valence-electron chi connectivity index (χ1n) is 6.61. The van der Waals surface area contributed by atoms with E-state index in [1.165, 1.54) is 11.0 Å². The standard InChI is InChI=1S/C15H11Br2NO4S/c16-10-1-3-11(4-2-10)18(12-7-8-23(20,21)9-12)15(19)13-5-6-14(17)22-13/h1-8,12H,9H2/t12-/m1/s1. The number of benzene rings is 1. The van der Waals surface area contributed by atoms with Gasteiger partial charge >= 0.3 is 0 Å². The van der Waals surface area contributed by atoms with Gasteiger partial charge in [-0.1, -0.05) is 15.9 Å². The number of nitrogens with zero attached hydrogens (tertiary/aromatic N) is 1. The minimum atomic E-state index is -3.29. The number of sulfone groups is 1. The maximum absolute atomic E-state index is 12.8. The average Bonchev–Trinajstić information content (AvgIpc) is 3.07. The van der Waals surface area contributed by atoms with Gasteiger partial charge in [-0.15, -0.1) is 0 Å². The van der Waals surface area contributed by atoms with E-state index in [0.717, 1.165) is 9.88 Å². The molecule has 0 saturated carbocycles. The fraction of sp³-hybridized carbons (Fsp3) is 0.133. The minimum Gasteiger partial charge on any atom is -0.444 e. The Kier molecular flexibility index (Phi) is 4.48. The first kappa shape index (κ1) is 16.5. The summed E-state index contributed by atoms with van der Waals surface area (Å²) in [5.74, 6) is -0.404. The SMILES string of the molecule is O=C(c1ccc(Br)o1)N(c1ccc(Br)cc1)[C@@H]1C=CS(=O)(=O)C1. The van der Waals surface area contributed by atoms with Crippen LogP contribution in [0.4, 0.5) is 5.69 Å². The van der Waals surface area contributed by atoms with Gasteiger partial charge in [-0.25, -0.2) is 8.42 Å². The fourth-order valence-corrected chi connectivity index (χ4v) is 4.17. The van der Waals surface area contributed by atoms with Gasteiger partial charge in [0.2, 0.25) is 0 Å². The Balaban J connectivity index is 2.01. The van der Waals surface area contributed by atoms with Crippen LogP contribution in [0.25, 0.3) is 0 Å². The molecule has 1 atom stereocenters. The lowest BCUT2D eigenvalue weighted by Crippen LogP contribution is -2.41. The Morgan fingerprint density at radius 1 is 1.13 bits per heavy atom. The molecule has 3 rings (SSSR count). The second kappa shape index (κ2) is 6.26. The van der Waals surface area contributed by atoms with Crippen LogP contribution in [0.2, 0.25) is 0 Å². The summed E-state index contributed by atoms with van der Waals surface area (Å²) in [5.41, 5.74) is 0.595. The van der Waals surface area contributed by atoms with Gasteiger partial charge in [0.1, 0.15) is 0 Å². The molecule has 0 spiro atoms. The van der Waals surface area contributed by atoms with E-state index in [9.17, 15) is 13.2 Å². The van der Waals surface area contributed by atoms with E-state index in [0.29, 0.717) is 10.4 Å². The fourth-order valence-electron chi connectivity index (χ4n) is 2.33. The maximum atomic E-state index is 12.8. The van der Waals surface area contributed by atoms with E-state index in [1.54, 1.807) is 36.4 Å². The van der Waals surface area contributed by atoms with E-state index < -0.39 is 21.8 Å². The molecule has 1 aliphatic rings. The second-order valence-electron chi connectivity index (χ2n) is 4.98. The molecular formula is C15H11Br2NO4S. The van der Waals surface area contributed by atoms with Crippen LogP contribution < -0.4 is 4.90 Å². The van der Waals surface area contributed by atoms with E-state index in [1.807, 2.05) is 0 Å². The molecule has 0 aliphatic carbocycles. The zero-order valence-corrected chi connectivity index (χ0v) is 15.6. The molecule has 0 fully saturated rings. The van der Waals surface area contributed by atoms with Crippen molar-refractivity contribution in [3.63, 3.8) is 0 Å². The third-order valence-electron chi connectivity index (χ3n) is 3.35. The van der Waals surface area contributed by atoms with E-state index in [2.05, 4.69) is 31.9 Å². The van der Waals surface area contributed by atoms with Crippen molar-refractivity contribution in [3.05, 3.63) is 62.8 Å². The first-order valence-corrected chi connectivity index (χ1v) is 9.91. The highest BCUT2D eigenvalue weighted by Gasteiger charge is 2.33. The Labute approximate surface area is 150 Å². The Morgan fingerprint density at radius 2 is 1.83 bits per heavy atom. The maximum Gasteiger partial charge on any atom is 0.294 e. The summed E-state index contributed by atoms with van der Waals surface area (Å²) < 4.78 is 30.1. The monoisotopic (exact) mass is 459 g/mol. The van der Waals surface area contributed by atoms with Gasteiger partial charge in [0.15, 0.2) is 20.3 Å². The molecule has 0 bridgehead atoms. The lowest BCUT2D eigenvalue weighted by molar-refractivity contribution is 0.0955. The molecule has 0 saturated heterocycles. The normalized spacial score (nSPS) is 19.0. The number of hydrogen-bond acceptors (Lipinski definition) is 4. The molecule has 120 valence electrons. The number of rotatable bonds is 3. The number of anilines is 1. The summed E-state index contributed by atoms with van der Waals surface area (Å²) in [5, 5.41) is 1.15. The number of carbonyl (C=O) groups excluding carboxylic acids is 1. The second-order valence-corrected chi connectivity index (χ2v) is 8.61. The quantitative estimate of drug-likeness (QED) is 0.699. The van der Waals surface area contributed by atoms with Crippen LogP contribution in [-0.2, 0) is 9.84 Å². The van der Waals surface area contributed by atoms with Gasteiger partial charge in [-0.2, -0.15) is 0 Å². The van der Waals surface area contributed by atoms with E-state index in [4.69, 9.17) is 4.42 Å². The topological polar surface area (TPSA) is 67.6 Å². The number of carbonyl (C=O) groups is 1. The number of amides is 1. The van der Waals surface area contributed by atoms with Crippen LogP contribution in [0.15, 0.2) is 61.4 Å². The molecule has 1 aliphatic heterocycles. The molecule has 5 nitrogen and oxygen atoms in total. The lowest BCUT2D eigenvalue weighted by atomic mass is 10.2. The van der Waals surface area contributed by atoms with Crippen molar-refractivity contribution in [1.29, 1.82) is 0 Å². The molecule has 0 unspecified atom stereocenters. The van der Waals surface area contributed by atoms with Crippen LogP contribution in [0, 0.1) is 0 Å². The third kappa shape index (κ3) is 3.59. The van der Waals surface area contributed by atoms with Gasteiger partial charge in [-0.3, -0.25) is 9.69 Å². The molecule has 23 heavy (non-hydrogen) atoms. The lowest BCUT2D eigenvalue weighted by Gasteiger charge is -2.26. The zero-order chi connectivity index (χ0) is 16.6. The zero-order valence-electron chi connectivity index (χ0n) is 11.6. The summed E-state index contributed by atoms with van der Waals surface area (Å²) in [7, 11) is -3.29. The Hall–Kier alpha value is -1.38. The summed E-state index contributed by atoms with van der Waals surface area (Å²) in [6.45, 7) is 0. The Bertz CT molecular complexity index is 871. The molecular weight excluding hydrogens is 450 g/mol. The summed E-state index contributed by atoms with van der Waals surface area (Å²) >= 11 is 6.51. The predicted octanol–water partition coefficient (Wildman–Crippen LogP) is 3.76. The number of hydrogen-bond donors (Lipinski definition) is 0. The Morgan fingerprint density at radius 3 is 2.35 bits per heavy atom. The number of halogens is 2. The minimum absolute atomic E-state index is 0.137. The average molecular weight is 461 g/mol. The highest BCUT2D eigenvalue weighted by atomic mass is 79.9.